The number of hydrogen-bond acceptors (Lipinski definition) is 7. The van der Waals surface area contributed by atoms with Gasteiger partial charge in [0.15, 0.2) is 0 Å². The Hall–Kier alpha value is -1.44. The summed E-state index contributed by atoms with van der Waals surface area (Å²) in [5, 5.41) is 3.39. The standard InChI is InChI=1S/C14H26N6O/c1-10-12(16-6-7-20(2)8-9-21-3)17-14(11-4-5-11)18-13(10)19-15/h11H,4-9,15H2,1-3H3,(H2,16,17,18,19). The summed E-state index contributed by atoms with van der Waals surface area (Å²) in [5.74, 6) is 8.53. The smallest absolute Gasteiger partial charge is 0.148 e. The number of aromatic nitrogens is 2. The number of nitrogen functional groups attached to an aromatic ring is 1. The van der Waals surface area contributed by atoms with Crippen molar-refractivity contribution < 1.29 is 4.74 Å². The Balaban J connectivity index is 1.93. The lowest BCUT2D eigenvalue weighted by Crippen LogP contribution is -2.28. The van der Waals surface area contributed by atoms with Crippen LogP contribution in [-0.2, 0) is 4.74 Å². The Kier molecular flexibility index (Phi) is 5.72. The molecule has 0 radical (unpaired) electrons. The van der Waals surface area contributed by atoms with Gasteiger partial charge in [-0.25, -0.2) is 15.8 Å². The molecule has 1 fully saturated rings. The summed E-state index contributed by atoms with van der Waals surface area (Å²) >= 11 is 0. The normalized spacial score (nSPS) is 14.5. The molecular weight excluding hydrogens is 268 g/mol. The fourth-order valence-electron chi connectivity index (χ4n) is 2.09. The van der Waals surface area contributed by atoms with Gasteiger partial charge in [0.2, 0.25) is 0 Å². The Morgan fingerprint density at radius 1 is 1.29 bits per heavy atom. The molecule has 118 valence electrons. The van der Waals surface area contributed by atoms with Crippen molar-refractivity contribution in [2.75, 3.05) is 51.1 Å². The first-order valence-electron chi connectivity index (χ1n) is 7.42. The van der Waals surface area contributed by atoms with E-state index in [0.29, 0.717) is 11.7 Å². The Morgan fingerprint density at radius 2 is 2.00 bits per heavy atom. The van der Waals surface area contributed by atoms with Crippen LogP contribution in [0, 0.1) is 6.92 Å². The van der Waals surface area contributed by atoms with Gasteiger partial charge in [0.25, 0.3) is 0 Å². The number of hydrazine groups is 1. The van der Waals surface area contributed by atoms with Crippen LogP contribution in [0.5, 0.6) is 0 Å². The number of nitrogens with two attached hydrogens (primary N) is 1. The molecule has 1 aliphatic rings. The van der Waals surface area contributed by atoms with Gasteiger partial charge in [0.05, 0.1) is 6.61 Å². The largest absolute Gasteiger partial charge is 0.383 e. The number of ether oxygens (including phenoxy) is 1. The van der Waals surface area contributed by atoms with E-state index in [1.807, 2.05) is 6.92 Å². The summed E-state index contributed by atoms with van der Waals surface area (Å²) in [4.78, 5) is 11.3. The van der Waals surface area contributed by atoms with Crippen LogP contribution in [0.15, 0.2) is 0 Å². The van der Waals surface area contributed by atoms with Crippen LogP contribution in [0.2, 0.25) is 0 Å². The Morgan fingerprint density at radius 3 is 2.62 bits per heavy atom. The molecule has 4 N–H and O–H groups in total. The number of nitrogens with zero attached hydrogens (tertiary/aromatic N) is 3. The van der Waals surface area contributed by atoms with Crippen LogP contribution < -0.4 is 16.6 Å². The van der Waals surface area contributed by atoms with Gasteiger partial charge < -0.3 is 20.4 Å². The van der Waals surface area contributed by atoms with Crippen LogP contribution in [0.1, 0.15) is 30.1 Å². The number of nitrogens with one attached hydrogen (secondary N) is 2. The Labute approximate surface area is 126 Å². The van der Waals surface area contributed by atoms with Crippen molar-refractivity contribution in [1.82, 2.24) is 14.9 Å². The summed E-state index contributed by atoms with van der Waals surface area (Å²) in [6.07, 6.45) is 2.35. The van der Waals surface area contributed by atoms with Crippen molar-refractivity contribution in [1.29, 1.82) is 0 Å². The van der Waals surface area contributed by atoms with Gasteiger partial charge in [0, 0.05) is 38.2 Å². The topological polar surface area (TPSA) is 88.3 Å². The molecule has 0 unspecified atom stereocenters. The highest BCUT2D eigenvalue weighted by atomic mass is 16.5. The average Bonchev–Trinajstić information content (AvgIpc) is 3.31. The van der Waals surface area contributed by atoms with Gasteiger partial charge in [-0.3, -0.25) is 0 Å². The zero-order valence-electron chi connectivity index (χ0n) is 13.1. The third-order valence-corrected chi connectivity index (χ3v) is 3.71. The van der Waals surface area contributed by atoms with Crippen LogP contribution >= 0.6 is 0 Å². The molecule has 0 spiro atoms. The number of hydrogen-bond donors (Lipinski definition) is 3. The quantitative estimate of drug-likeness (QED) is 0.461. The molecule has 1 saturated carbocycles. The van der Waals surface area contributed by atoms with Gasteiger partial charge >= 0.3 is 0 Å². The maximum Gasteiger partial charge on any atom is 0.148 e. The summed E-state index contributed by atoms with van der Waals surface area (Å²) in [6.45, 7) is 5.39. The Bertz CT molecular complexity index is 463. The molecule has 1 aromatic heterocycles. The summed E-state index contributed by atoms with van der Waals surface area (Å²) < 4.78 is 5.07. The van der Waals surface area contributed by atoms with Gasteiger partial charge in [-0.2, -0.15) is 0 Å². The number of anilines is 2. The minimum Gasteiger partial charge on any atom is -0.383 e. The van der Waals surface area contributed by atoms with Gasteiger partial charge in [-0.05, 0) is 26.8 Å². The lowest BCUT2D eigenvalue weighted by atomic mass is 10.3. The van der Waals surface area contributed by atoms with Gasteiger partial charge in [-0.15, -0.1) is 0 Å². The lowest BCUT2D eigenvalue weighted by molar-refractivity contribution is 0.163. The van der Waals surface area contributed by atoms with Crippen LogP contribution in [0.4, 0.5) is 11.6 Å². The monoisotopic (exact) mass is 294 g/mol. The summed E-state index contributed by atoms with van der Waals surface area (Å²) in [5.41, 5.74) is 3.63. The van der Waals surface area contributed by atoms with Crippen LogP contribution in [-0.4, -0.2) is 55.3 Å². The van der Waals surface area contributed by atoms with E-state index >= 15 is 0 Å². The van der Waals surface area contributed by atoms with E-state index in [4.69, 9.17) is 10.6 Å². The first kappa shape index (κ1) is 15.9. The maximum atomic E-state index is 5.55. The molecule has 7 nitrogen and oxygen atoms in total. The zero-order valence-corrected chi connectivity index (χ0v) is 13.1. The first-order chi connectivity index (χ1) is 10.2. The molecule has 7 heteroatoms. The van der Waals surface area contributed by atoms with Crippen molar-refractivity contribution in [3.63, 3.8) is 0 Å². The van der Waals surface area contributed by atoms with E-state index in [1.54, 1.807) is 7.11 Å². The van der Waals surface area contributed by atoms with E-state index < -0.39 is 0 Å². The molecule has 0 saturated heterocycles. The predicted octanol–water partition coefficient (Wildman–Crippen LogP) is 0.938. The molecule has 2 rings (SSSR count). The minimum absolute atomic E-state index is 0.502. The number of likely N-dealkylation sites (N-methyl/N-ethyl adjacent to an activating group) is 1. The second-order valence-corrected chi connectivity index (χ2v) is 5.55. The number of rotatable bonds is 9. The molecule has 0 atom stereocenters. The van der Waals surface area contributed by atoms with E-state index in [1.165, 1.54) is 12.8 Å². The summed E-state index contributed by atoms with van der Waals surface area (Å²) in [6, 6.07) is 0. The zero-order chi connectivity index (χ0) is 15.2. The highest BCUT2D eigenvalue weighted by Crippen LogP contribution is 2.39. The molecular formula is C14H26N6O. The molecule has 1 aliphatic carbocycles. The van der Waals surface area contributed by atoms with E-state index in [9.17, 15) is 0 Å². The average molecular weight is 294 g/mol. The highest BCUT2D eigenvalue weighted by Gasteiger charge is 2.28. The van der Waals surface area contributed by atoms with E-state index in [2.05, 4.69) is 32.7 Å². The third kappa shape index (κ3) is 4.52. The molecule has 1 aromatic rings. The number of methoxy groups -OCH3 is 1. The van der Waals surface area contributed by atoms with Gasteiger partial charge in [0.1, 0.15) is 17.5 Å². The van der Waals surface area contributed by atoms with Crippen molar-refractivity contribution in [3.05, 3.63) is 11.4 Å². The molecule has 0 aromatic carbocycles. The van der Waals surface area contributed by atoms with Crippen LogP contribution in [0.25, 0.3) is 0 Å². The lowest BCUT2D eigenvalue weighted by Gasteiger charge is -2.18. The summed E-state index contributed by atoms with van der Waals surface area (Å²) in [7, 11) is 3.80. The van der Waals surface area contributed by atoms with E-state index in [-0.39, 0.29) is 0 Å². The van der Waals surface area contributed by atoms with Crippen molar-refractivity contribution in [2.45, 2.75) is 25.7 Å². The minimum atomic E-state index is 0.502. The fourth-order valence-corrected chi connectivity index (χ4v) is 2.09. The van der Waals surface area contributed by atoms with Gasteiger partial charge in [-0.1, -0.05) is 0 Å². The van der Waals surface area contributed by atoms with Crippen molar-refractivity contribution in [2.24, 2.45) is 5.84 Å². The fraction of sp³-hybridized carbons (Fsp3) is 0.714. The van der Waals surface area contributed by atoms with Crippen molar-refractivity contribution >= 4 is 11.6 Å². The van der Waals surface area contributed by atoms with E-state index in [0.717, 1.165) is 43.4 Å². The first-order valence-corrected chi connectivity index (χ1v) is 7.42. The molecule has 0 amide bonds. The van der Waals surface area contributed by atoms with Crippen LogP contribution in [0.3, 0.4) is 0 Å². The molecule has 0 bridgehead atoms. The van der Waals surface area contributed by atoms with Crippen molar-refractivity contribution in [3.8, 4) is 0 Å². The third-order valence-electron chi connectivity index (χ3n) is 3.71. The highest BCUT2D eigenvalue weighted by molar-refractivity contribution is 5.57. The molecule has 0 aliphatic heterocycles. The second-order valence-electron chi connectivity index (χ2n) is 5.55. The second kappa shape index (κ2) is 7.53. The molecule has 1 heterocycles. The predicted molar refractivity (Wildman–Crippen MR) is 84.4 cm³/mol. The SMILES string of the molecule is COCCN(C)CCNc1nc(C2CC2)nc(NN)c1C. The molecule has 21 heavy (non-hydrogen) atoms. The maximum absolute atomic E-state index is 5.55.